The Labute approximate surface area is 79.7 Å². The van der Waals surface area contributed by atoms with E-state index in [-0.39, 0.29) is 5.75 Å². The van der Waals surface area contributed by atoms with Gasteiger partial charge in [-0.15, -0.1) is 0 Å². The number of carboxylic acids is 1. The number of carboxylic acid groups (broad SMARTS) is 1. The number of rotatable bonds is 4. The molecular weight excluding hydrogens is 192 g/mol. The highest BCUT2D eigenvalue weighted by Gasteiger charge is 2.17. The highest BCUT2D eigenvalue weighted by Crippen LogP contribution is 2.15. The van der Waals surface area contributed by atoms with Crippen molar-refractivity contribution in [3.63, 3.8) is 0 Å². The highest BCUT2D eigenvalue weighted by molar-refractivity contribution is 7.85. The molecule has 1 fully saturated rings. The van der Waals surface area contributed by atoms with Crippen molar-refractivity contribution in [3.05, 3.63) is 0 Å². The molecule has 0 saturated carbocycles. The summed E-state index contributed by atoms with van der Waals surface area (Å²) >= 11 is 0. The van der Waals surface area contributed by atoms with Crippen molar-refractivity contribution in [2.24, 2.45) is 5.92 Å². The summed E-state index contributed by atoms with van der Waals surface area (Å²) in [5.74, 6) is -0.313. The van der Waals surface area contributed by atoms with Crippen molar-refractivity contribution in [2.75, 3.05) is 24.7 Å². The fraction of sp³-hybridized carbons (Fsp3) is 0.875. The summed E-state index contributed by atoms with van der Waals surface area (Å²) in [6, 6.07) is 0. The second-order valence-corrected chi connectivity index (χ2v) is 4.70. The van der Waals surface area contributed by atoms with Crippen LogP contribution in [0.2, 0.25) is 0 Å². The molecule has 0 aromatic carbocycles. The third kappa shape index (κ3) is 4.38. The summed E-state index contributed by atoms with van der Waals surface area (Å²) < 4.78 is 16.4. The molecule has 13 heavy (non-hydrogen) atoms. The topological polar surface area (TPSA) is 63.6 Å². The first-order chi connectivity index (χ1) is 6.18. The Morgan fingerprint density at radius 1 is 1.46 bits per heavy atom. The molecule has 0 aromatic heterocycles. The van der Waals surface area contributed by atoms with Gasteiger partial charge < -0.3 is 9.84 Å². The second kappa shape index (κ2) is 5.34. The largest absolute Gasteiger partial charge is 0.481 e. The Bertz CT molecular complexity index is 198. The molecule has 0 spiro atoms. The van der Waals surface area contributed by atoms with Crippen LogP contribution in [0.1, 0.15) is 12.8 Å². The summed E-state index contributed by atoms with van der Waals surface area (Å²) in [5.41, 5.74) is 0. The maximum absolute atomic E-state index is 11.2. The van der Waals surface area contributed by atoms with Crippen LogP contribution in [0.15, 0.2) is 0 Å². The fourth-order valence-electron chi connectivity index (χ4n) is 1.37. The molecule has 76 valence electrons. The van der Waals surface area contributed by atoms with Gasteiger partial charge in [-0.05, 0) is 18.8 Å². The Balaban J connectivity index is 2.22. The van der Waals surface area contributed by atoms with E-state index in [1.54, 1.807) is 0 Å². The van der Waals surface area contributed by atoms with Crippen molar-refractivity contribution in [1.29, 1.82) is 0 Å². The maximum Gasteiger partial charge on any atom is 0.316 e. The summed E-state index contributed by atoms with van der Waals surface area (Å²) in [6.45, 7) is 1.43. The van der Waals surface area contributed by atoms with Gasteiger partial charge in [-0.2, -0.15) is 0 Å². The zero-order chi connectivity index (χ0) is 9.68. The minimum absolute atomic E-state index is 0.225. The third-order valence-corrected chi connectivity index (χ3v) is 3.46. The van der Waals surface area contributed by atoms with Crippen molar-refractivity contribution < 1.29 is 18.8 Å². The average molecular weight is 206 g/mol. The number of hydrogen-bond donors (Lipinski definition) is 1. The first-order valence-electron chi connectivity index (χ1n) is 4.33. The van der Waals surface area contributed by atoms with Crippen LogP contribution in [0.5, 0.6) is 0 Å². The SMILES string of the molecule is O=C(O)CS(=O)CC1CCOCC1. The van der Waals surface area contributed by atoms with Crippen LogP contribution in [0.4, 0.5) is 0 Å². The van der Waals surface area contributed by atoms with Gasteiger partial charge in [-0.3, -0.25) is 9.00 Å². The van der Waals surface area contributed by atoms with E-state index in [0.717, 1.165) is 26.1 Å². The van der Waals surface area contributed by atoms with E-state index in [1.165, 1.54) is 0 Å². The lowest BCUT2D eigenvalue weighted by atomic mass is 10.0. The van der Waals surface area contributed by atoms with E-state index in [2.05, 4.69) is 0 Å². The summed E-state index contributed by atoms with van der Waals surface area (Å²) in [6.07, 6.45) is 1.82. The maximum atomic E-state index is 11.2. The minimum Gasteiger partial charge on any atom is -0.481 e. The first kappa shape index (κ1) is 10.7. The number of carbonyl (C=O) groups is 1. The quantitative estimate of drug-likeness (QED) is 0.716. The summed E-state index contributed by atoms with van der Waals surface area (Å²) in [7, 11) is -1.20. The molecule has 5 heteroatoms. The van der Waals surface area contributed by atoms with Crippen LogP contribution in [-0.2, 0) is 20.3 Å². The summed E-state index contributed by atoms with van der Waals surface area (Å²) in [5, 5.41) is 8.40. The summed E-state index contributed by atoms with van der Waals surface area (Å²) in [4.78, 5) is 10.2. The number of ether oxygens (including phenoxy) is 1. The highest BCUT2D eigenvalue weighted by atomic mass is 32.2. The molecule has 1 N–H and O–H groups in total. The molecule has 0 aromatic rings. The average Bonchev–Trinajstić information content (AvgIpc) is 2.04. The standard InChI is InChI=1S/C8H14O4S/c9-8(10)6-13(11)5-7-1-3-12-4-2-7/h7H,1-6H2,(H,9,10). The zero-order valence-corrected chi connectivity index (χ0v) is 8.22. The van der Waals surface area contributed by atoms with Crippen LogP contribution < -0.4 is 0 Å². The predicted octanol–water partition coefficient (Wildman–Crippen LogP) is 0.246. The normalized spacial score (nSPS) is 21.2. The Kier molecular flexibility index (Phi) is 4.38. The lowest BCUT2D eigenvalue weighted by Crippen LogP contribution is -2.23. The molecule has 0 radical (unpaired) electrons. The first-order valence-corrected chi connectivity index (χ1v) is 5.82. The zero-order valence-electron chi connectivity index (χ0n) is 7.40. The number of aliphatic carboxylic acids is 1. The van der Waals surface area contributed by atoms with Crippen molar-refractivity contribution in [3.8, 4) is 0 Å². The molecule has 1 unspecified atom stereocenters. The molecule has 0 bridgehead atoms. The lowest BCUT2D eigenvalue weighted by molar-refractivity contribution is -0.133. The smallest absolute Gasteiger partial charge is 0.316 e. The van der Waals surface area contributed by atoms with Gasteiger partial charge in [0.05, 0.1) is 0 Å². The van der Waals surface area contributed by atoms with E-state index in [9.17, 15) is 9.00 Å². The molecule has 1 aliphatic rings. The minimum atomic E-state index is -1.20. The van der Waals surface area contributed by atoms with Crippen LogP contribution in [0.3, 0.4) is 0 Å². The molecular formula is C8H14O4S. The van der Waals surface area contributed by atoms with Gasteiger partial charge in [0, 0.05) is 29.8 Å². The third-order valence-electron chi connectivity index (χ3n) is 2.05. The van der Waals surface area contributed by atoms with Crippen LogP contribution in [0.25, 0.3) is 0 Å². The lowest BCUT2D eigenvalue weighted by Gasteiger charge is -2.20. The second-order valence-electron chi connectivity index (χ2n) is 3.20. The molecule has 4 nitrogen and oxygen atoms in total. The Hall–Kier alpha value is -0.420. The molecule has 1 atom stereocenters. The van der Waals surface area contributed by atoms with Gasteiger partial charge in [0.25, 0.3) is 0 Å². The molecule has 0 aliphatic carbocycles. The van der Waals surface area contributed by atoms with Gasteiger partial charge in [0.1, 0.15) is 5.75 Å². The van der Waals surface area contributed by atoms with Crippen LogP contribution in [0, 0.1) is 5.92 Å². The van der Waals surface area contributed by atoms with Gasteiger partial charge in [-0.25, -0.2) is 0 Å². The van der Waals surface area contributed by atoms with E-state index in [4.69, 9.17) is 9.84 Å². The molecule has 0 amide bonds. The predicted molar refractivity (Wildman–Crippen MR) is 49.1 cm³/mol. The molecule has 1 saturated heterocycles. The van der Waals surface area contributed by atoms with E-state index < -0.39 is 16.8 Å². The fourth-order valence-corrected chi connectivity index (χ4v) is 2.63. The monoisotopic (exact) mass is 206 g/mol. The molecule has 1 aliphatic heterocycles. The van der Waals surface area contributed by atoms with E-state index >= 15 is 0 Å². The van der Waals surface area contributed by atoms with Crippen molar-refractivity contribution in [2.45, 2.75) is 12.8 Å². The van der Waals surface area contributed by atoms with E-state index in [0.29, 0.717) is 11.7 Å². The van der Waals surface area contributed by atoms with Crippen LogP contribution in [-0.4, -0.2) is 40.0 Å². The van der Waals surface area contributed by atoms with Crippen molar-refractivity contribution >= 4 is 16.8 Å². The van der Waals surface area contributed by atoms with Gasteiger partial charge in [0.15, 0.2) is 0 Å². The molecule has 1 rings (SSSR count). The molecule has 1 heterocycles. The van der Waals surface area contributed by atoms with E-state index in [1.807, 2.05) is 0 Å². The van der Waals surface area contributed by atoms with Gasteiger partial charge in [0.2, 0.25) is 0 Å². The Morgan fingerprint density at radius 2 is 2.08 bits per heavy atom. The van der Waals surface area contributed by atoms with Crippen LogP contribution >= 0.6 is 0 Å². The number of hydrogen-bond acceptors (Lipinski definition) is 3. The van der Waals surface area contributed by atoms with Gasteiger partial charge >= 0.3 is 5.97 Å². The van der Waals surface area contributed by atoms with Crippen molar-refractivity contribution in [1.82, 2.24) is 0 Å². The Morgan fingerprint density at radius 3 is 2.62 bits per heavy atom. The van der Waals surface area contributed by atoms with Gasteiger partial charge in [-0.1, -0.05) is 0 Å².